The molecule has 0 aliphatic carbocycles. The number of carbonyl (C=O) groups is 1. The van der Waals surface area contributed by atoms with Gasteiger partial charge >= 0.3 is 0 Å². The van der Waals surface area contributed by atoms with Crippen LogP contribution in [0, 0.1) is 5.41 Å². The van der Waals surface area contributed by atoms with E-state index in [9.17, 15) is 4.79 Å². The molecule has 2 aliphatic rings. The van der Waals surface area contributed by atoms with Crippen LogP contribution in [0.3, 0.4) is 0 Å². The van der Waals surface area contributed by atoms with E-state index in [1.165, 1.54) is 0 Å². The maximum atomic E-state index is 13.0. The van der Waals surface area contributed by atoms with Gasteiger partial charge in [0.15, 0.2) is 0 Å². The van der Waals surface area contributed by atoms with E-state index in [4.69, 9.17) is 9.47 Å². The molecule has 2 aliphatic heterocycles. The molecule has 25 heavy (non-hydrogen) atoms. The lowest BCUT2D eigenvalue weighted by molar-refractivity contribution is -0.142. The van der Waals surface area contributed by atoms with Gasteiger partial charge in [-0.15, -0.1) is 0 Å². The maximum absolute atomic E-state index is 13.0. The van der Waals surface area contributed by atoms with Gasteiger partial charge in [0.2, 0.25) is 0 Å². The molecule has 2 unspecified atom stereocenters. The van der Waals surface area contributed by atoms with Crippen molar-refractivity contribution in [2.24, 2.45) is 5.41 Å². The number of pyridine rings is 1. The lowest BCUT2D eigenvalue weighted by Crippen LogP contribution is -2.58. The number of aromatic nitrogens is 1. The molecule has 0 bridgehead atoms. The second-order valence-corrected chi connectivity index (χ2v) is 7.16. The minimum absolute atomic E-state index is 0.00487. The third-order valence-corrected chi connectivity index (χ3v) is 5.52. The van der Waals surface area contributed by atoms with Crippen LogP contribution in [0.2, 0.25) is 0 Å². The summed E-state index contributed by atoms with van der Waals surface area (Å²) in [5, 5.41) is 1.05. The number of piperidine rings is 1. The predicted molar refractivity (Wildman–Crippen MR) is 95.5 cm³/mol. The summed E-state index contributed by atoms with van der Waals surface area (Å²) < 4.78 is 11.5. The van der Waals surface area contributed by atoms with Gasteiger partial charge in [-0.25, -0.2) is 4.98 Å². The van der Waals surface area contributed by atoms with Crippen molar-refractivity contribution in [3.05, 3.63) is 42.1 Å². The van der Waals surface area contributed by atoms with Gasteiger partial charge in [-0.05, 0) is 31.4 Å². The summed E-state index contributed by atoms with van der Waals surface area (Å²) >= 11 is 0. The molecule has 0 N–H and O–H groups in total. The first kappa shape index (κ1) is 16.5. The van der Waals surface area contributed by atoms with Crippen LogP contribution in [-0.4, -0.2) is 55.3 Å². The van der Waals surface area contributed by atoms with E-state index < -0.39 is 0 Å². The summed E-state index contributed by atoms with van der Waals surface area (Å²) in [5.74, 6) is 0.00487. The van der Waals surface area contributed by atoms with E-state index in [2.05, 4.69) is 4.98 Å². The van der Waals surface area contributed by atoms with Gasteiger partial charge in [0.05, 0.1) is 18.2 Å². The zero-order valence-corrected chi connectivity index (χ0v) is 14.6. The third-order valence-electron chi connectivity index (χ3n) is 5.52. The molecule has 0 spiro atoms. The summed E-state index contributed by atoms with van der Waals surface area (Å²) in [6, 6.07) is 11.7. The van der Waals surface area contributed by atoms with Crippen molar-refractivity contribution in [3.8, 4) is 0 Å². The van der Waals surface area contributed by atoms with Crippen LogP contribution in [0.25, 0.3) is 10.9 Å². The van der Waals surface area contributed by atoms with E-state index in [1.54, 1.807) is 7.11 Å². The first-order valence-electron chi connectivity index (χ1n) is 8.97. The standard InChI is InChI=1S/C20H24N2O3/c1-24-14-20-10-4-12-25-18(20)9-11-22(13-20)19(23)17-8-7-15-5-2-3-6-16(15)21-17/h2-3,5-8,18H,4,9-14H2,1H3. The Labute approximate surface area is 147 Å². The molecule has 2 saturated heterocycles. The molecule has 5 nitrogen and oxygen atoms in total. The average Bonchev–Trinajstić information content (AvgIpc) is 2.66. The number of hydrogen-bond donors (Lipinski definition) is 0. The Balaban J connectivity index is 1.58. The topological polar surface area (TPSA) is 51.7 Å². The molecule has 1 aromatic heterocycles. The molecule has 4 rings (SSSR count). The largest absolute Gasteiger partial charge is 0.384 e. The number of para-hydroxylation sites is 1. The second-order valence-electron chi connectivity index (χ2n) is 7.16. The van der Waals surface area contributed by atoms with E-state index in [0.717, 1.165) is 36.8 Å². The van der Waals surface area contributed by atoms with E-state index in [0.29, 0.717) is 25.4 Å². The van der Waals surface area contributed by atoms with Crippen molar-refractivity contribution >= 4 is 16.8 Å². The highest BCUT2D eigenvalue weighted by atomic mass is 16.5. The van der Waals surface area contributed by atoms with Gasteiger partial charge in [0, 0.05) is 37.6 Å². The molecular formula is C20H24N2O3. The van der Waals surface area contributed by atoms with Crippen LogP contribution >= 0.6 is 0 Å². The maximum Gasteiger partial charge on any atom is 0.272 e. The molecule has 0 saturated carbocycles. The SMILES string of the molecule is COCC12CCCOC1CCN(C(=O)c1ccc3ccccc3n1)C2. The zero-order chi connectivity index (χ0) is 17.3. The van der Waals surface area contributed by atoms with Gasteiger partial charge in [-0.1, -0.05) is 24.3 Å². The fraction of sp³-hybridized carbons (Fsp3) is 0.500. The number of ether oxygens (including phenoxy) is 2. The van der Waals surface area contributed by atoms with E-state index in [-0.39, 0.29) is 17.4 Å². The molecule has 1 aromatic carbocycles. The van der Waals surface area contributed by atoms with Crippen molar-refractivity contribution in [1.82, 2.24) is 9.88 Å². The first-order valence-corrected chi connectivity index (χ1v) is 8.97. The number of hydrogen-bond acceptors (Lipinski definition) is 4. The molecule has 132 valence electrons. The number of likely N-dealkylation sites (tertiary alicyclic amines) is 1. The molecule has 2 fully saturated rings. The van der Waals surface area contributed by atoms with Crippen LogP contribution in [0.5, 0.6) is 0 Å². The van der Waals surface area contributed by atoms with Gasteiger partial charge in [0.1, 0.15) is 5.69 Å². The first-order chi connectivity index (χ1) is 12.2. The molecule has 5 heteroatoms. The normalized spacial score (nSPS) is 26.4. The van der Waals surface area contributed by atoms with E-state index in [1.807, 2.05) is 41.3 Å². The Bertz CT molecular complexity index is 774. The number of nitrogens with zero attached hydrogens (tertiary/aromatic N) is 2. The van der Waals surface area contributed by atoms with Gasteiger partial charge < -0.3 is 14.4 Å². The Morgan fingerprint density at radius 2 is 2.24 bits per heavy atom. The molecule has 1 amide bonds. The highest BCUT2D eigenvalue weighted by Crippen LogP contribution is 2.40. The van der Waals surface area contributed by atoms with Gasteiger partial charge in [0.25, 0.3) is 5.91 Å². The number of amides is 1. The summed E-state index contributed by atoms with van der Waals surface area (Å²) in [6.07, 6.45) is 3.12. The predicted octanol–water partition coefficient (Wildman–Crippen LogP) is 2.89. The van der Waals surface area contributed by atoms with Crippen LogP contribution < -0.4 is 0 Å². The molecule has 3 heterocycles. The van der Waals surface area contributed by atoms with Crippen molar-refractivity contribution in [2.75, 3.05) is 33.4 Å². The Morgan fingerprint density at radius 1 is 1.36 bits per heavy atom. The second kappa shape index (κ2) is 6.73. The lowest BCUT2D eigenvalue weighted by Gasteiger charge is -2.50. The van der Waals surface area contributed by atoms with Crippen LogP contribution in [0.1, 0.15) is 29.8 Å². The smallest absolute Gasteiger partial charge is 0.272 e. The Hall–Kier alpha value is -1.98. The van der Waals surface area contributed by atoms with Gasteiger partial charge in [-0.3, -0.25) is 4.79 Å². The van der Waals surface area contributed by atoms with Crippen molar-refractivity contribution in [3.63, 3.8) is 0 Å². The monoisotopic (exact) mass is 340 g/mol. The van der Waals surface area contributed by atoms with Crippen LogP contribution in [0.15, 0.2) is 36.4 Å². The lowest BCUT2D eigenvalue weighted by atomic mass is 9.73. The summed E-state index contributed by atoms with van der Waals surface area (Å²) in [4.78, 5) is 19.5. The molecule has 2 aromatic rings. The summed E-state index contributed by atoms with van der Waals surface area (Å²) in [7, 11) is 1.73. The summed E-state index contributed by atoms with van der Waals surface area (Å²) in [5.41, 5.74) is 1.29. The van der Waals surface area contributed by atoms with E-state index >= 15 is 0 Å². The highest BCUT2D eigenvalue weighted by Gasteiger charge is 2.47. The Morgan fingerprint density at radius 3 is 3.12 bits per heavy atom. The number of carbonyl (C=O) groups excluding carboxylic acids is 1. The fourth-order valence-electron chi connectivity index (χ4n) is 4.31. The van der Waals surface area contributed by atoms with Crippen molar-refractivity contribution < 1.29 is 14.3 Å². The van der Waals surface area contributed by atoms with Crippen molar-refractivity contribution in [1.29, 1.82) is 0 Å². The molecule has 0 radical (unpaired) electrons. The van der Waals surface area contributed by atoms with Crippen molar-refractivity contribution in [2.45, 2.75) is 25.4 Å². The molecular weight excluding hydrogens is 316 g/mol. The highest BCUT2D eigenvalue weighted by molar-refractivity contribution is 5.95. The van der Waals surface area contributed by atoms with Crippen LogP contribution in [-0.2, 0) is 9.47 Å². The quantitative estimate of drug-likeness (QED) is 0.862. The number of fused-ring (bicyclic) bond motifs is 2. The summed E-state index contributed by atoms with van der Waals surface area (Å²) in [6.45, 7) is 2.84. The van der Waals surface area contributed by atoms with Crippen LogP contribution in [0.4, 0.5) is 0 Å². The number of benzene rings is 1. The average molecular weight is 340 g/mol. The fourth-order valence-corrected chi connectivity index (χ4v) is 4.31. The Kier molecular flexibility index (Phi) is 4.44. The minimum Gasteiger partial charge on any atom is -0.384 e. The third kappa shape index (κ3) is 3.02. The zero-order valence-electron chi connectivity index (χ0n) is 14.6. The number of methoxy groups -OCH3 is 1. The molecule has 2 atom stereocenters. The van der Waals surface area contributed by atoms with Gasteiger partial charge in [-0.2, -0.15) is 0 Å². The minimum atomic E-state index is -0.0856. The number of rotatable bonds is 3.